The van der Waals surface area contributed by atoms with E-state index in [1.165, 1.54) is 11.9 Å². The summed E-state index contributed by atoms with van der Waals surface area (Å²) >= 11 is 0. The van der Waals surface area contributed by atoms with Gasteiger partial charge >= 0.3 is 18.0 Å². The van der Waals surface area contributed by atoms with Gasteiger partial charge in [0.25, 0.3) is 0 Å². The average molecular weight is 274 g/mol. The lowest BCUT2D eigenvalue weighted by molar-refractivity contribution is -0.147. The SMILES string of the molecule is CCOC(=O)CN(C)C(=O)N1CCOCC1C(=O)O. The summed E-state index contributed by atoms with van der Waals surface area (Å²) in [5.74, 6) is -1.66. The maximum Gasteiger partial charge on any atom is 0.328 e. The van der Waals surface area contributed by atoms with Crippen molar-refractivity contribution in [1.82, 2.24) is 9.80 Å². The topological polar surface area (TPSA) is 96.4 Å². The lowest BCUT2D eigenvalue weighted by atomic mass is 10.2. The minimum atomic E-state index is -1.13. The van der Waals surface area contributed by atoms with Crippen molar-refractivity contribution in [3.63, 3.8) is 0 Å². The van der Waals surface area contributed by atoms with Crippen molar-refractivity contribution in [3.8, 4) is 0 Å². The van der Waals surface area contributed by atoms with Crippen molar-refractivity contribution in [2.45, 2.75) is 13.0 Å². The van der Waals surface area contributed by atoms with Crippen LogP contribution < -0.4 is 0 Å². The van der Waals surface area contributed by atoms with E-state index in [-0.39, 0.29) is 32.9 Å². The molecule has 0 bridgehead atoms. The molecule has 0 aromatic carbocycles. The second-order valence-corrected chi connectivity index (χ2v) is 4.07. The monoisotopic (exact) mass is 274 g/mol. The molecular formula is C11H18N2O6. The largest absolute Gasteiger partial charge is 0.480 e. The normalized spacial score (nSPS) is 18.8. The molecule has 8 heteroatoms. The lowest BCUT2D eigenvalue weighted by Gasteiger charge is -2.35. The second-order valence-electron chi connectivity index (χ2n) is 4.07. The molecule has 1 unspecified atom stereocenters. The Morgan fingerprint density at radius 3 is 2.74 bits per heavy atom. The minimum absolute atomic E-state index is 0.0473. The molecule has 0 spiro atoms. The summed E-state index contributed by atoms with van der Waals surface area (Å²) in [6.07, 6.45) is 0. The Labute approximate surface area is 110 Å². The molecule has 0 aromatic rings. The van der Waals surface area contributed by atoms with Gasteiger partial charge in [0.05, 0.1) is 19.8 Å². The van der Waals surface area contributed by atoms with E-state index >= 15 is 0 Å². The van der Waals surface area contributed by atoms with E-state index in [4.69, 9.17) is 14.6 Å². The predicted molar refractivity (Wildman–Crippen MR) is 63.6 cm³/mol. The van der Waals surface area contributed by atoms with E-state index in [9.17, 15) is 14.4 Å². The molecule has 8 nitrogen and oxygen atoms in total. The molecule has 0 radical (unpaired) electrons. The molecule has 108 valence electrons. The molecule has 1 saturated heterocycles. The highest BCUT2D eigenvalue weighted by molar-refractivity contribution is 5.85. The van der Waals surface area contributed by atoms with E-state index < -0.39 is 24.0 Å². The van der Waals surface area contributed by atoms with E-state index in [2.05, 4.69) is 0 Å². The highest BCUT2D eigenvalue weighted by Crippen LogP contribution is 2.10. The third kappa shape index (κ3) is 4.09. The van der Waals surface area contributed by atoms with Gasteiger partial charge in [0.2, 0.25) is 0 Å². The summed E-state index contributed by atoms with van der Waals surface area (Å²) in [5, 5.41) is 9.02. The smallest absolute Gasteiger partial charge is 0.328 e. The van der Waals surface area contributed by atoms with Crippen LogP contribution >= 0.6 is 0 Å². The number of carbonyl (C=O) groups excluding carboxylic acids is 2. The number of nitrogens with zero attached hydrogens (tertiary/aromatic N) is 2. The Hall–Kier alpha value is -1.83. The first-order chi connectivity index (χ1) is 8.97. The number of amides is 2. The van der Waals surface area contributed by atoms with Crippen molar-refractivity contribution in [2.24, 2.45) is 0 Å². The Kier molecular flexibility index (Phi) is 5.56. The van der Waals surface area contributed by atoms with Crippen LogP contribution in [-0.4, -0.2) is 78.9 Å². The molecule has 1 aliphatic rings. The number of esters is 1. The van der Waals surface area contributed by atoms with Gasteiger partial charge in [0, 0.05) is 13.6 Å². The third-order valence-corrected chi connectivity index (χ3v) is 2.66. The summed E-state index contributed by atoms with van der Waals surface area (Å²) in [5.41, 5.74) is 0. The molecule has 19 heavy (non-hydrogen) atoms. The van der Waals surface area contributed by atoms with Crippen molar-refractivity contribution in [1.29, 1.82) is 0 Å². The van der Waals surface area contributed by atoms with Crippen molar-refractivity contribution < 1.29 is 29.0 Å². The van der Waals surface area contributed by atoms with Gasteiger partial charge in [-0.25, -0.2) is 9.59 Å². The van der Waals surface area contributed by atoms with Gasteiger partial charge in [-0.2, -0.15) is 0 Å². The zero-order valence-electron chi connectivity index (χ0n) is 11.0. The van der Waals surface area contributed by atoms with E-state index in [1.54, 1.807) is 6.92 Å². The number of ether oxygens (including phenoxy) is 2. The molecular weight excluding hydrogens is 256 g/mol. The Morgan fingerprint density at radius 2 is 2.16 bits per heavy atom. The standard InChI is InChI=1S/C11H18N2O6/c1-3-19-9(14)6-12(2)11(17)13-4-5-18-7-8(13)10(15)16/h8H,3-7H2,1-2H3,(H,15,16). The number of aliphatic carboxylic acids is 1. The zero-order chi connectivity index (χ0) is 14.4. The van der Waals surface area contributed by atoms with Crippen molar-refractivity contribution in [2.75, 3.05) is 40.0 Å². The number of carboxylic acids is 1. The molecule has 1 atom stereocenters. The molecule has 1 fully saturated rings. The van der Waals surface area contributed by atoms with Crippen LogP contribution in [-0.2, 0) is 19.1 Å². The fraction of sp³-hybridized carbons (Fsp3) is 0.727. The number of carboxylic acid groups (broad SMARTS) is 1. The lowest BCUT2D eigenvalue weighted by Crippen LogP contribution is -2.56. The summed E-state index contributed by atoms with van der Waals surface area (Å²) < 4.78 is 9.77. The van der Waals surface area contributed by atoms with Crippen LogP contribution in [0, 0.1) is 0 Å². The van der Waals surface area contributed by atoms with Gasteiger partial charge in [-0.05, 0) is 6.92 Å². The number of likely N-dealkylation sites (N-methyl/N-ethyl adjacent to an activating group) is 1. The first-order valence-corrected chi connectivity index (χ1v) is 5.95. The fourth-order valence-electron chi connectivity index (χ4n) is 1.72. The Morgan fingerprint density at radius 1 is 1.47 bits per heavy atom. The van der Waals surface area contributed by atoms with Crippen LogP contribution in [0.3, 0.4) is 0 Å². The first kappa shape index (κ1) is 15.2. The maximum absolute atomic E-state index is 12.1. The van der Waals surface area contributed by atoms with Crippen LogP contribution in [0.5, 0.6) is 0 Å². The Bertz CT molecular complexity index is 359. The summed E-state index contributed by atoms with van der Waals surface area (Å²) in [6.45, 7) is 2.11. The maximum atomic E-state index is 12.1. The van der Waals surface area contributed by atoms with Gasteiger partial charge in [-0.1, -0.05) is 0 Å². The van der Waals surface area contributed by atoms with Gasteiger partial charge in [-0.15, -0.1) is 0 Å². The second kappa shape index (κ2) is 6.93. The van der Waals surface area contributed by atoms with Crippen LogP contribution in [0.25, 0.3) is 0 Å². The van der Waals surface area contributed by atoms with Crippen LogP contribution in [0.2, 0.25) is 0 Å². The fourth-order valence-corrected chi connectivity index (χ4v) is 1.72. The van der Waals surface area contributed by atoms with Gasteiger partial charge < -0.3 is 24.4 Å². The molecule has 1 N–H and O–H groups in total. The quantitative estimate of drug-likeness (QED) is 0.687. The molecule has 0 aliphatic carbocycles. The number of hydrogen-bond acceptors (Lipinski definition) is 5. The van der Waals surface area contributed by atoms with Gasteiger partial charge in [0.15, 0.2) is 6.04 Å². The molecule has 1 aliphatic heterocycles. The van der Waals surface area contributed by atoms with Crippen LogP contribution in [0.15, 0.2) is 0 Å². The number of rotatable bonds is 4. The summed E-state index contributed by atoms with van der Waals surface area (Å²) in [6, 6.07) is -1.55. The van der Waals surface area contributed by atoms with Crippen molar-refractivity contribution >= 4 is 18.0 Å². The van der Waals surface area contributed by atoms with Crippen LogP contribution in [0.1, 0.15) is 6.92 Å². The minimum Gasteiger partial charge on any atom is -0.480 e. The highest BCUT2D eigenvalue weighted by atomic mass is 16.5. The molecule has 0 saturated carbocycles. The predicted octanol–water partition coefficient (Wildman–Crippen LogP) is -0.613. The number of morpholine rings is 1. The number of hydrogen-bond donors (Lipinski definition) is 1. The van der Waals surface area contributed by atoms with Crippen LogP contribution in [0.4, 0.5) is 4.79 Å². The summed E-state index contributed by atoms with van der Waals surface area (Å²) in [4.78, 5) is 36.7. The van der Waals surface area contributed by atoms with Gasteiger partial charge in [-0.3, -0.25) is 4.79 Å². The molecule has 1 heterocycles. The summed E-state index contributed by atoms with van der Waals surface area (Å²) in [7, 11) is 1.42. The zero-order valence-corrected chi connectivity index (χ0v) is 11.0. The first-order valence-electron chi connectivity index (χ1n) is 5.95. The van der Waals surface area contributed by atoms with E-state index in [0.29, 0.717) is 0 Å². The van der Waals surface area contributed by atoms with Gasteiger partial charge in [0.1, 0.15) is 6.54 Å². The van der Waals surface area contributed by atoms with E-state index in [0.717, 1.165) is 4.90 Å². The van der Waals surface area contributed by atoms with Crippen molar-refractivity contribution in [3.05, 3.63) is 0 Å². The highest BCUT2D eigenvalue weighted by Gasteiger charge is 2.34. The Balaban J connectivity index is 2.63. The molecule has 0 aromatic heterocycles. The number of carbonyl (C=O) groups is 3. The average Bonchev–Trinajstić information content (AvgIpc) is 2.37. The molecule has 2 amide bonds. The number of urea groups is 1. The van der Waals surface area contributed by atoms with E-state index in [1.807, 2.05) is 0 Å². The molecule has 1 rings (SSSR count). The third-order valence-electron chi connectivity index (χ3n) is 2.66.